The molecule has 2 aromatic heterocycles. The fourth-order valence-corrected chi connectivity index (χ4v) is 2.59. The van der Waals surface area contributed by atoms with Gasteiger partial charge in [0.1, 0.15) is 0 Å². The van der Waals surface area contributed by atoms with Crippen molar-refractivity contribution in [2.45, 2.75) is 25.8 Å². The monoisotopic (exact) mass is 308 g/mol. The van der Waals surface area contributed by atoms with Gasteiger partial charge in [-0.05, 0) is 26.0 Å². The van der Waals surface area contributed by atoms with E-state index in [1.54, 1.807) is 7.11 Å². The highest BCUT2D eigenvalue weighted by Crippen LogP contribution is 2.21. The molecule has 2 aromatic rings. The Kier molecular flexibility index (Phi) is 5.20. The van der Waals surface area contributed by atoms with Crippen LogP contribution in [0.2, 0.25) is 5.02 Å². The van der Waals surface area contributed by atoms with Crippen LogP contribution in [0.5, 0.6) is 5.88 Å². The Labute approximate surface area is 130 Å². The summed E-state index contributed by atoms with van der Waals surface area (Å²) in [6.07, 6.45) is 3.53. The Hall–Kier alpha value is -1.59. The number of rotatable bonds is 6. The molecule has 6 heteroatoms. The smallest absolute Gasteiger partial charge is 0.212 e. The zero-order chi connectivity index (χ0) is 15.4. The molecule has 0 aliphatic rings. The highest BCUT2D eigenvalue weighted by molar-refractivity contribution is 6.31. The lowest BCUT2D eigenvalue weighted by Crippen LogP contribution is -2.30. The molecule has 0 saturated heterocycles. The number of nitrogens with one attached hydrogen (secondary N) is 1. The van der Waals surface area contributed by atoms with Crippen molar-refractivity contribution >= 4 is 11.6 Å². The minimum absolute atomic E-state index is 0.271. The van der Waals surface area contributed by atoms with Crippen molar-refractivity contribution in [2.24, 2.45) is 7.05 Å². The molecule has 2 rings (SSSR count). The van der Waals surface area contributed by atoms with E-state index in [9.17, 15) is 0 Å². The van der Waals surface area contributed by atoms with Crippen LogP contribution in [0.1, 0.15) is 17.0 Å². The number of methoxy groups -OCH3 is 1. The Morgan fingerprint density at radius 2 is 2.14 bits per heavy atom. The third-order valence-corrected chi connectivity index (χ3v) is 4.09. The Balaban J connectivity index is 2.09. The molecule has 0 spiro atoms. The van der Waals surface area contributed by atoms with Crippen molar-refractivity contribution in [3.8, 4) is 5.88 Å². The molecule has 0 saturated carbocycles. The first kappa shape index (κ1) is 15.8. The molecular formula is C15H21ClN4O. The maximum absolute atomic E-state index is 6.32. The van der Waals surface area contributed by atoms with Gasteiger partial charge in [0, 0.05) is 31.8 Å². The molecule has 1 N–H and O–H groups in total. The van der Waals surface area contributed by atoms with Crippen LogP contribution in [0.15, 0.2) is 18.3 Å². The van der Waals surface area contributed by atoms with Gasteiger partial charge in [-0.25, -0.2) is 4.98 Å². The fourth-order valence-electron chi connectivity index (χ4n) is 2.35. The normalized spacial score (nSPS) is 12.4. The van der Waals surface area contributed by atoms with Crippen LogP contribution in [-0.2, 0) is 19.9 Å². The molecule has 5 nitrogen and oxygen atoms in total. The lowest BCUT2D eigenvalue weighted by Gasteiger charge is -2.16. The fraction of sp³-hybridized carbons (Fsp3) is 0.467. The Morgan fingerprint density at radius 1 is 1.38 bits per heavy atom. The highest BCUT2D eigenvalue weighted by atomic mass is 35.5. The molecular weight excluding hydrogens is 288 g/mol. The van der Waals surface area contributed by atoms with Crippen molar-refractivity contribution in [1.82, 2.24) is 20.1 Å². The van der Waals surface area contributed by atoms with Crippen LogP contribution in [0, 0.1) is 6.92 Å². The van der Waals surface area contributed by atoms with Crippen molar-refractivity contribution < 1.29 is 4.74 Å². The second-order valence-corrected chi connectivity index (χ2v) is 5.45. The van der Waals surface area contributed by atoms with Crippen molar-refractivity contribution in [3.63, 3.8) is 0 Å². The van der Waals surface area contributed by atoms with E-state index < -0.39 is 0 Å². The third-order valence-electron chi connectivity index (χ3n) is 3.60. The molecule has 0 aliphatic carbocycles. The first-order chi connectivity index (χ1) is 10.0. The first-order valence-electron chi connectivity index (χ1n) is 6.89. The molecule has 0 bridgehead atoms. The predicted molar refractivity (Wildman–Crippen MR) is 84.0 cm³/mol. The van der Waals surface area contributed by atoms with Crippen LogP contribution in [-0.4, -0.2) is 35.0 Å². The van der Waals surface area contributed by atoms with E-state index in [0.29, 0.717) is 5.88 Å². The lowest BCUT2D eigenvalue weighted by atomic mass is 10.0. The lowest BCUT2D eigenvalue weighted by molar-refractivity contribution is 0.397. The first-order valence-corrected chi connectivity index (χ1v) is 7.27. The summed E-state index contributed by atoms with van der Waals surface area (Å²) in [5, 5.41) is 8.44. The number of ether oxygens (including phenoxy) is 1. The van der Waals surface area contributed by atoms with Gasteiger partial charge in [0.25, 0.3) is 0 Å². The SMILES string of the molecule is CNC(Cc1ccc(OC)nc1)Cc1c(Cl)c(C)nn1C. The van der Waals surface area contributed by atoms with E-state index in [1.165, 1.54) is 0 Å². The van der Waals surface area contributed by atoms with Gasteiger partial charge in [0.2, 0.25) is 5.88 Å². The summed E-state index contributed by atoms with van der Waals surface area (Å²) in [6.45, 7) is 1.92. The summed E-state index contributed by atoms with van der Waals surface area (Å²) in [5.41, 5.74) is 3.08. The van der Waals surface area contributed by atoms with Crippen LogP contribution in [0.3, 0.4) is 0 Å². The van der Waals surface area contributed by atoms with Gasteiger partial charge in [-0.2, -0.15) is 5.10 Å². The van der Waals surface area contributed by atoms with E-state index in [4.69, 9.17) is 16.3 Å². The van der Waals surface area contributed by atoms with Crippen molar-refractivity contribution in [3.05, 3.63) is 40.3 Å². The summed E-state index contributed by atoms with van der Waals surface area (Å²) >= 11 is 6.32. The van der Waals surface area contributed by atoms with Gasteiger partial charge in [-0.1, -0.05) is 17.7 Å². The predicted octanol–water partition coefficient (Wildman–Crippen LogP) is 2.16. The van der Waals surface area contributed by atoms with E-state index in [0.717, 1.165) is 34.8 Å². The van der Waals surface area contributed by atoms with E-state index >= 15 is 0 Å². The molecule has 0 fully saturated rings. The van der Waals surface area contributed by atoms with Crippen LogP contribution in [0.25, 0.3) is 0 Å². The number of aromatic nitrogens is 3. The molecule has 0 radical (unpaired) electrons. The van der Waals surface area contributed by atoms with Crippen LogP contribution in [0.4, 0.5) is 0 Å². The molecule has 114 valence electrons. The number of hydrogen-bond donors (Lipinski definition) is 1. The van der Waals surface area contributed by atoms with E-state index in [1.807, 2.05) is 44.0 Å². The molecule has 0 amide bonds. The number of nitrogens with zero attached hydrogens (tertiary/aromatic N) is 3. The highest BCUT2D eigenvalue weighted by Gasteiger charge is 2.16. The van der Waals surface area contributed by atoms with Gasteiger partial charge >= 0.3 is 0 Å². The third kappa shape index (κ3) is 3.74. The number of halogens is 1. The molecule has 2 heterocycles. The Morgan fingerprint density at radius 3 is 2.62 bits per heavy atom. The molecule has 1 atom stereocenters. The zero-order valence-corrected chi connectivity index (χ0v) is 13.6. The standard InChI is InChI=1S/C15H21ClN4O/c1-10-15(16)13(20(3)19-10)8-12(17-2)7-11-5-6-14(21-4)18-9-11/h5-6,9,12,17H,7-8H2,1-4H3. The summed E-state index contributed by atoms with van der Waals surface area (Å²) < 4.78 is 6.93. The number of pyridine rings is 1. The Bertz CT molecular complexity index is 594. The second kappa shape index (κ2) is 6.91. The van der Waals surface area contributed by atoms with E-state index in [-0.39, 0.29) is 6.04 Å². The number of aryl methyl sites for hydroxylation is 2. The van der Waals surface area contributed by atoms with Crippen molar-refractivity contribution in [1.29, 1.82) is 0 Å². The second-order valence-electron chi connectivity index (χ2n) is 5.07. The topological polar surface area (TPSA) is 52.0 Å². The van der Waals surface area contributed by atoms with Gasteiger partial charge in [0.15, 0.2) is 0 Å². The van der Waals surface area contributed by atoms with Gasteiger partial charge in [-0.3, -0.25) is 4.68 Å². The van der Waals surface area contributed by atoms with Gasteiger partial charge in [0.05, 0.1) is 23.5 Å². The quantitative estimate of drug-likeness (QED) is 0.888. The summed E-state index contributed by atoms with van der Waals surface area (Å²) in [5.74, 6) is 0.630. The van der Waals surface area contributed by atoms with Gasteiger partial charge < -0.3 is 10.1 Å². The number of likely N-dealkylation sites (N-methyl/N-ethyl adjacent to an activating group) is 1. The van der Waals surface area contributed by atoms with Crippen LogP contribution < -0.4 is 10.1 Å². The largest absolute Gasteiger partial charge is 0.481 e. The summed E-state index contributed by atoms with van der Waals surface area (Å²) in [6, 6.07) is 4.18. The molecule has 1 unspecified atom stereocenters. The molecule has 0 aromatic carbocycles. The minimum atomic E-state index is 0.271. The summed E-state index contributed by atoms with van der Waals surface area (Å²) in [7, 11) is 5.50. The average molecular weight is 309 g/mol. The average Bonchev–Trinajstić information content (AvgIpc) is 2.73. The minimum Gasteiger partial charge on any atom is -0.481 e. The number of hydrogen-bond acceptors (Lipinski definition) is 4. The molecule has 21 heavy (non-hydrogen) atoms. The van der Waals surface area contributed by atoms with Gasteiger partial charge in [-0.15, -0.1) is 0 Å². The maximum atomic E-state index is 6.32. The zero-order valence-electron chi connectivity index (χ0n) is 12.9. The van der Waals surface area contributed by atoms with Crippen LogP contribution >= 0.6 is 11.6 Å². The summed E-state index contributed by atoms with van der Waals surface area (Å²) in [4.78, 5) is 4.24. The maximum Gasteiger partial charge on any atom is 0.212 e. The van der Waals surface area contributed by atoms with Crippen molar-refractivity contribution in [2.75, 3.05) is 14.2 Å². The van der Waals surface area contributed by atoms with E-state index in [2.05, 4.69) is 15.4 Å². The molecule has 0 aliphatic heterocycles.